The van der Waals surface area contributed by atoms with Gasteiger partial charge < -0.3 is 14.6 Å². The van der Waals surface area contributed by atoms with Gasteiger partial charge in [-0.2, -0.15) is 0 Å². The molecule has 0 saturated carbocycles. The molecule has 2 aromatic carbocycles. The summed E-state index contributed by atoms with van der Waals surface area (Å²) in [7, 11) is 1.54. The molecule has 132 valence electrons. The molecule has 0 bridgehead atoms. The van der Waals surface area contributed by atoms with Crippen LogP contribution in [0.25, 0.3) is 11.6 Å². The molecule has 2 aromatic rings. The summed E-state index contributed by atoms with van der Waals surface area (Å²) in [5.74, 6) is 0.206. The summed E-state index contributed by atoms with van der Waals surface area (Å²) in [6.45, 7) is 4.63. The third-order valence-corrected chi connectivity index (χ3v) is 3.85. The molecule has 0 fully saturated rings. The number of hydrogen-bond acceptors (Lipinski definition) is 3. The molecule has 0 heterocycles. The van der Waals surface area contributed by atoms with Crippen LogP contribution in [0.4, 0.5) is 0 Å². The number of methoxy groups -OCH3 is 1. The van der Waals surface area contributed by atoms with Gasteiger partial charge in [-0.05, 0) is 37.6 Å². The first kappa shape index (κ1) is 18.6. The van der Waals surface area contributed by atoms with Gasteiger partial charge in [0.15, 0.2) is 0 Å². The maximum Gasteiger partial charge on any atom is 0.336 e. The Morgan fingerprint density at radius 2 is 1.92 bits per heavy atom. The summed E-state index contributed by atoms with van der Waals surface area (Å²) in [6.07, 6.45) is 3.63. The number of hydrogen-bond donors (Lipinski definition) is 1. The molecule has 0 amide bonds. The van der Waals surface area contributed by atoms with Crippen molar-refractivity contribution in [3.8, 4) is 11.5 Å². The maximum atomic E-state index is 11.9. The van der Waals surface area contributed by atoms with Crippen molar-refractivity contribution in [2.75, 3.05) is 13.7 Å². The van der Waals surface area contributed by atoms with E-state index in [1.165, 1.54) is 7.11 Å². The molecule has 0 radical (unpaired) electrons. The monoisotopic (exact) mass is 340 g/mol. The van der Waals surface area contributed by atoms with Crippen molar-refractivity contribution < 1.29 is 19.4 Å². The largest absolute Gasteiger partial charge is 0.496 e. The molecular weight excluding hydrogens is 316 g/mol. The zero-order valence-corrected chi connectivity index (χ0v) is 14.9. The van der Waals surface area contributed by atoms with Crippen molar-refractivity contribution in [1.82, 2.24) is 0 Å². The molecule has 4 heteroatoms. The Balaban J connectivity index is 2.49. The molecule has 0 aliphatic carbocycles. The lowest BCUT2D eigenvalue weighted by Gasteiger charge is -2.12. The van der Waals surface area contributed by atoms with Gasteiger partial charge in [0.1, 0.15) is 11.5 Å². The standard InChI is InChI=1S/C21H24O4/c1-4-5-12-25-19-9-7-6-8-16(19)14-18(21(22)23)17-13-15(2)10-11-20(17)24-3/h6-11,13-14H,4-5,12H2,1-3H3,(H,22,23)/b18-14-. The molecule has 1 N–H and O–H groups in total. The lowest BCUT2D eigenvalue weighted by atomic mass is 9.99. The van der Waals surface area contributed by atoms with Crippen molar-refractivity contribution in [1.29, 1.82) is 0 Å². The Morgan fingerprint density at radius 3 is 2.60 bits per heavy atom. The zero-order valence-electron chi connectivity index (χ0n) is 14.9. The average Bonchev–Trinajstić information content (AvgIpc) is 2.60. The highest BCUT2D eigenvalue weighted by atomic mass is 16.5. The summed E-state index contributed by atoms with van der Waals surface area (Å²) in [5, 5.41) is 9.74. The van der Waals surface area contributed by atoms with E-state index in [2.05, 4.69) is 6.92 Å². The second kappa shape index (κ2) is 8.92. The molecule has 0 aliphatic heterocycles. The molecule has 0 aromatic heterocycles. The summed E-state index contributed by atoms with van der Waals surface area (Å²) in [5.41, 5.74) is 2.43. The number of para-hydroxylation sites is 1. The topological polar surface area (TPSA) is 55.8 Å². The minimum atomic E-state index is -1.01. The number of carboxylic acids is 1. The van der Waals surface area contributed by atoms with Crippen molar-refractivity contribution in [2.24, 2.45) is 0 Å². The lowest BCUT2D eigenvalue weighted by molar-refractivity contribution is -0.130. The van der Waals surface area contributed by atoms with E-state index in [0.717, 1.165) is 24.0 Å². The second-order valence-electron chi connectivity index (χ2n) is 5.81. The molecule has 2 rings (SSSR count). The fourth-order valence-corrected chi connectivity index (χ4v) is 2.50. The first-order valence-electron chi connectivity index (χ1n) is 8.38. The van der Waals surface area contributed by atoms with Crippen LogP contribution in [0.2, 0.25) is 0 Å². The molecule has 0 aliphatic rings. The van der Waals surface area contributed by atoms with Gasteiger partial charge in [0.05, 0.1) is 19.3 Å². The van der Waals surface area contributed by atoms with Crippen LogP contribution >= 0.6 is 0 Å². The van der Waals surface area contributed by atoms with Crippen LogP contribution < -0.4 is 9.47 Å². The van der Waals surface area contributed by atoms with Gasteiger partial charge in [0, 0.05) is 11.1 Å². The van der Waals surface area contributed by atoms with Gasteiger partial charge in [-0.1, -0.05) is 43.2 Å². The van der Waals surface area contributed by atoms with E-state index in [1.807, 2.05) is 43.3 Å². The van der Waals surface area contributed by atoms with Crippen molar-refractivity contribution >= 4 is 17.6 Å². The number of rotatable bonds is 8. The van der Waals surface area contributed by atoms with Crippen LogP contribution in [-0.4, -0.2) is 24.8 Å². The number of benzene rings is 2. The highest BCUT2D eigenvalue weighted by Gasteiger charge is 2.16. The first-order chi connectivity index (χ1) is 12.1. The van der Waals surface area contributed by atoms with E-state index in [9.17, 15) is 9.90 Å². The van der Waals surface area contributed by atoms with Gasteiger partial charge >= 0.3 is 5.97 Å². The predicted octanol–water partition coefficient (Wildman–Crippen LogP) is 4.81. The van der Waals surface area contributed by atoms with Crippen molar-refractivity contribution in [3.63, 3.8) is 0 Å². The van der Waals surface area contributed by atoms with E-state index in [0.29, 0.717) is 23.7 Å². The lowest BCUT2D eigenvalue weighted by Crippen LogP contribution is -2.03. The highest BCUT2D eigenvalue weighted by molar-refractivity contribution is 6.21. The fraction of sp³-hybridized carbons (Fsp3) is 0.286. The second-order valence-corrected chi connectivity index (χ2v) is 5.81. The quantitative estimate of drug-likeness (QED) is 0.426. The molecule has 25 heavy (non-hydrogen) atoms. The van der Waals surface area contributed by atoms with Gasteiger partial charge in [0.2, 0.25) is 0 Å². The summed E-state index contributed by atoms with van der Waals surface area (Å²) in [6, 6.07) is 13.0. The average molecular weight is 340 g/mol. The minimum Gasteiger partial charge on any atom is -0.496 e. The highest BCUT2D eigenvalue weighted by Crippen LogP contribution is 2.31. The Kier molecular flexibility index (Phi) is 6.63. The Labute approximate surface area is 148 Å². The number of carbonyl (C=O) groups is 1. The molecule has 0 atom stereocenters. The van der Waals surface area contributed by atoms with Crippen LogP contribution in [0.5, 0.6) is 11.5 Å². The molecule has 0 saturated heterocycles. The molecule has 0 spiro atoms. The summed E-state index contributed by atoms with van der Waals surface area (Å²) >= 11 is 0. The fourth-order valence-electron chi connectivity index (χ4n) is 2.50. The Hall–Kier alpha value is -2.75. The van der Waals surface area contributed by atoms with E-state index >= 15 is 0 Å². The van der Waals surface area contributed by atoms with Gasteiger partial charge in [-0.25, -0.2) is 4.79 Å². The SMILES string of the molecule is CCCCOc1ccccc1/C=C(\C(=O)O)c1cc(C)ccc1OC. The van der Waals surface area contributed by atoms with Gasteiger partial charge in [-0.3, -0.25) is 0 Å². The third kappa shape index (κ3) is 4.86. The number of aliphatic carboxylic acids is 1. The van der Waals surface area contributed by atoms with Crippen molar-refractivity contribution in [3.05, 3.63) is 59.2 Å². The van der Waals surface area contributed by atoms with Crippen LogP contribution in [-0.2, 0) is 4.79 Å². The smallest absolute Gasteiger partial charge is 0.336 e. The molecule has 4 nitrogen and oxygen atoms in total. The third-order valence-electron chi connectivity index (χ3n) is 3.85. The van der Waals surface area contributed by atoms with Crippen LogP contribution in [0, 0.1) is 6.92 Å². The first-order valence-corrected chi connectivity index (χ1v) is 8.38. The number of carboxylic acid groups (broad SMARTS) is 1. The van der Waals surface area contributed by atoms with Crippen LogP contribution in [0.1, 0.15) is 36.5 Å². The van der Waals surface area contributed by atoms with Crippen LogP contribution in [0.15, 0.2) is 42.5 Å². The normalized spacial score (nSPS) is 11.2. The van der Waals surface area contributed by atoms with Crippen LogP contribution in [0.3, 0.4) is 0 Å². The van der Waals surface area contributed by atoms with E-state index in [1.54, 1.807) is 12.1 Å². The van der Waals surface area contributed by atoms with E-state index in [-0.39, 0.29) is 5.57 Å². The Morgan fingerprint density at radius 1 is 1.16 bits per heavy atom. The maximum absolute atomic E-state index is 11.9. The predicted molar refractivity (Wildman–Crippen MR) is 100 cm³/mol. The number of aryl methyl sites for hydroxylation is 1. The Bertz CT molecular complexity index is 762. The van der Waals surface area contributed by atoms with Crippen molar-refractivity contribution in [2.45, 2.75) is 26.7 Å². The van der Waals surface area contributed by atoms with Gasteiger partial charge in [-0.15, -0.1) is 0 Å². The summed E-state index contributed by atoms with van der Waals surface area (Å²) < 4.78 is 11.1. The minimum absolute atomic E-state index is 0.173. The molecule has 0 unspecified atom stereocenters. The zero-order chi connectivity index (χ0) is 18.2. The number of unbranched alkanes of at least 4 members (excludes halogenated alkanes) is 1. The van der Waals surface area contributed by atoms with E-state index < -0.39 is 5.97 Å². The number of ether oxygens (including phenoxy) is 2. The van der Waals surface area contributed by atoms with E-state index in [4.69, 9.17) is 9.47 Å². The van der Waals surface area contributed by atoms with Gasteiger partial charge in [0.25, 0.3) is 0 Å². The summed E-state index contributed by atoms with van der Waals surface area (Å²) in [4.78, 5) is 11.9. The molecular formula is C21H24O4.